The first-order valence-electron chi connectivity index (χ1n) is 9.50. The minimum atomic E-state index is -2.89. The zero-order valence-electron chi connectivity index (χ0n) is 16.4. The highest BCUT2D eigenvalue weighted by atomic mass is 127. The first-order chi connectivity index (χ1) is 13.7. The number of benzene rings is 2. The molecule has 1 aliphatic rings. The van der Waals surface area contributed by atoms with Gasteiger partial charge in [0.05, 0.1) is 18.7 Å². The first kappa shape index (κ1) is 22.5. The smallest absolute Gasteiger partial charge is 0.268 e. The van der Waals surface area contributed by atoms with Crippen LogP contribution in [0.4, 0.5) is 8.78 Å². The Balaban J connectivity index is 2.01. The summed E-state index contributed by atoms with van der Waals surface area (Å²) in [5.41, 5.74) is 2.06. The van der Waals surface area contributed by atoms with Crippen LogP contribution in [0.2, 0.25) is 0 Å². The molecular formula is C22H23BrF2INO2. The van der Waals surface area contributed by atoms with Crippen molar-refractivity contribution in [2.24, 2.45) is 0 Å². The Morgan fingerprint density at radius 1 is 1.28 bits per heavy atom. The Morgan fingerprint density at radius 3 is 2.55 bits per heavy atom. The van der Waals surface area contributed by atoms with Gasteiger partial charge in [-0.25, -0.2) is 8.78 Å². The third-order valence-corrected chi connectivity index (χ3v) is 6.65. The second-order valence-corrected chi connectivity index (χ2v) is 9.46. The second-order valence-electron chi connectivity index (χ2n) is 7.38. The van der Waals surface area contributed by atoms with Crippen molar-refractivity contribution >= 4 is 44.4 Å². The summed E-state index contributed by atoms with van der Waals surface area (Å²) in [5.74, 6) is -2.55. The molecule has 0 bridgehead atoms. The van der Waals surface area contributed by atoms with Gasteiger partial charge in [-0.1, -0.05) is 34.5 Å². The molecule has 1 amide bonds. The Labute approximate surface area is 192 Å². The van der Waals surface area contributed by atoms with Gasteiger partial charge in [-0.15, -0.1) is 0 Å². The lowest BCUT2D eigenvalue weighted by Crippen LogP contribution is -2.52. The van der Waals surface area contributed by atoms with Gasteiger partial charge in [0.25, 0.3) is 11.8 Å². The van der Waals surface area contributed by atoms with Gasteiger partial charge in [0.15, 0.2) is 0 Å². The Bertz CT molecular complexity index is 866. The SMILES string of the molecule is COc1ccc(CN(C(=O)c2c(C)cc(Br)cc2I)C2CCCCC2(F)F)cc1. The number of nitrogens with zero attached hydrogens (tertiary/aromatic N) is 1. The summed E-state index contributed by atoms with van der Waals surface area (Å²) in [6.07, 6.45) is 1.31. The van der Waals surface area contributed by atoms with Gasteiger partial charge in [0.2, 0.25) is 0 Å². The molecule has 0 spiro atoms. The van der Waals surface area contributed by atoms with Crippen molar-refractivity contribution in [1.29, 1.82) is 0 Å². The van der Waals surface area contributed by atoms with Crippen molar-refractivity contribution in [2.45, 2.75) is 51.1 Å². The van der Waals surface area contributed by atoms with Gasteiger partial charge in [-0.3, -0.25) is 4.79 Å². The number of methoxy groups -OCH3 is 1. The number of halogens is 4. The maximum absolute atomic E-state index is 14.9. The molecule has 29 heavy (non-hydrogen) atoms. The van der Waals surface area contributed by atoms with Crippen molar-refractivity contribution in [2.75, 3.05) is 7.11 Å². The normalized spacial score (nSPS) is 18.3. The quantitative estimate of drug-likeness (QED) is 0.375. The lowest BCUT2D eigenvalue weighted by atomic mass is 9.89. The average molecular weight is 578 g/mol. The first-order valence-corrected chi connectivity index (χ1v) is 11.4. The van der Waals surface area contributed by atoms with Crippen LogP contribution in [0.15, 0.2) is 40.9 Å². The maximum atomic E-state index is 14.9. The minimum absolute atomic E-state index is 0.134. The van der Waals surface area contributed by atoms with Gasteiger partial charge in [0.1, 0.15) is 5.75 Å². The number of carbonyl (C=O) groups excluding carboxylic acids is 1. The second kappa shape index (κ2) is 9.29. The molecule has 1 saturated carbocycles. The van der Waals surface area contributed by atoms with Gasteiger partial charge < -0.3 is 9.64 Å². The van der Waals surface area contributed by atoms with Crippen LogP contribution in [0.25, 0.3) is 0 Å². The van der Waals surface area contributed by atoms with Crippen molar-refractivity contribution in [3.8, 4) is 5.75 Å². The molecule has 2 aromatic rings. The molecule has 156 valence electrons. The van der Waals surface area contributed by atoms with Crippen molar-refractivity contribution < 1.29 is 18.3 Å². The highest BCUT2D eigenvalue weighted by Crippen LogP contribution is 2.38. The third-order valence-electron chi connectivity index (χ3n) is 5.34. The van der Waals surface area contributed by atoms with Crippen LogP contribution < -0.4 is 4.74 Å². The highest BCUT2D eigenvalue weighted by Gasteiger charge is 2.46. The maximum Gasteiger partial charge on any atom is 0.268 e. The molecule has 7 heteroatoms. The van der Waals surface area contributed by atoms with Crippen molar-refractivity contribution in [3.63, 3.8) is 0 Å². The lowest BCUT2D eigenvalue weighted by Gasteiger charge is -2.40. The zero-order valence-corrected chi connectivity index (χ0v) is 20.1. The molecule has 1 atom stereocenters. The predicted molar refractivity (Wildman–Crippen MR) is 122 cm³/mol. The molecule has 0 radical (unpaired) electrons. The van der Waals surface area contributed by atoms with Crippen LogP contribution in [0.3, 0.4) is 0 Å². The van der Waals surface area contributed by atoms with Crippen molar-refractivity contribution in [3.05, 3.63) is 61.1 Å². The molecule has 3 nitrogen and oxygen atoms in total. The number of ether oxygens (including phenoxy) is 1. The standard InChI is InChI=1S/C22H23BrF2INO2/c1-14-11-16(23)12-18(26)20(14)21(28)27(19-5-3-4-10-22(19,24)25)13-15-6-8-17(29-2)9-7-15/h6-9,11-12,19H,3-5,10,13H2,1-2H3. The van der Waals surface area contributed by atoms with Crippen LogP contribution in [0, 0.1) is 10.5 Å². The predicted octanol–water partition coefficient (Wildman–Crippen LogP) is 6.59. The molecule has 0 saturated heterocycles. The Morgan fingerprint density at radius 2 is 1.97 bits per heavy atom. The molecule has 1 unspecified atom stereocenters. The van der Waals surface area contributed by atoms with E-state index < -0.39 is 12.0 Å². The van der Waals surface area contributed by atoms with E-state index in [0.29, 0.717) is 30.6 Å². The lowest BCUT2D eigenvalue weighted by molar-refractivity contribution is -0.0985. The summed E-state index contributed by atoms with van der Waals surface area (Å²) >= 11 is 5.53. The van der Waals surface area contributed by atoms with E-state index in [0.717, 1.165) is 19.2 Å². The van der Waals surface area contributed by atoms with Gasteiger partial charge in [0, 0.05) is 21.0 Å². The molecular weight excluding hydrogens is 555 g/mol. The summed E-state index contributed by atoms with van der Waals surface area (Å²) in [7, 11) is 1.58. The number of aryl methyl sites for hydroxylation is 1. The topological polar surface area (TPSA) is 29.5 Å². The van der Waals surface area contributed by atoms with Crippen LogP contribution in [0.1, 0.15) is 47.2 Å². The largest absolute Gasteiger partial charge is 0.497 e. The summed E-state index contributed by atoms with van der Waals surface area (Å²) in [6.45, 7) is 1.97. The monoisotopic (exact) mass is 577 g/mol. The molecule has 1 aliphatic carbocycles. The van der Waals surface area contributed by atoms with E-state index in [-0.39, 0.29) is 18.9 Å². The summed E-state index contributed by atoms with van der Waals surface area (Å²) < 4.78 is 36.5. The number of amides is 1. The number of carbonyl (C=O) groups is 1. The Hall–Kier alpha value is -1.22. The van der Waals surface area contributed by atoms with Crippen LogP contribution in [-0.4, -0.2) is 29.9 Å². The van der Waals surface area contributed by atoms with Crippen LogP contribution >= 0.6 is 38.5 Å². The van der Waals surface area contributed by atoms with Crippen LogP contribution in [0.5, 0.6) is 5.75 Å². The third kappa shape index (κ3) is 5.10. The summed E-state index contributed by atoms with van der Waals surface area (Å²) in [5, 5.41) is 0. The van der Waals surface area contributed by atoms with E-state index in [2.05, 4.69) is 38.5 Å². The van der Waals surface area contributed by atoms with Crippen molar-refractivity contribution in [1.82, 2.24) is 4.90 Å². The fraction of sp³-hybridized carbons (Fsp3) is 0.409. The van der Waals surface area contributed by atoms with Gasteiger partial charge >= 0.3 is 0 Å². The summed E-state index contributed by atoms with van der Waals surface area (Å²) in [6, 6.07) is 9.78. The van der Waals surface area contributed by atoms with E-state index in [1.54, 1.807) is 19.2 Å². The molecule has 3 rings (SSSR count). The molecule has 0 aromatic heterocycles. The fourth-order valence-electron chi connectivity index (χ4n) is 3.83. The van der Waals surface area contributed by atoms with Gasteiger partial charge in [-0.05, 0) is 77.7 Å². The molecule has 0 N–H and O–H groups in total. The van der Waals surface area contributed by atoms with Crippen LogP contribution in [-0.2, 0) is 6.54 Å². The molecule has 1 fully saturated rings. The summed E-state index contributed by atoms with van der Waals surface area (Å²) in [4.78, 5) is 14.9. The number of hydrogen-bond acceptors (Lipinski definition) is 2. The van der Waals surface area contributed by atoms with Gasteiger partial charge in [-0.2, -0.15) is 0 Å². The average Bonchev–Trinajstić information content (AvgIpc) is 2.66. The van der Waals surface area contributed by atoms with E-state index in [1.807, 2.05) is 31.2 Å². The molecule has 2 aromatic carbocycles. The molecule has 0 heterocycles. The Kier molecular flexibility index (Phi) is 7.19. The van der Waals surface area contributed by atoms with E-state index in [1.165, 1.54) is 4.90 Å². The fourth-order valence-corrected chi connectivity index (χ4v) is 5.82. The van der Waals surface area contributed by atoms with E-state index in [9.17, 15) is 13.6 Å². The molecule has 0 aliphatic heterocycles. The minimum Gasteiger partial charge on any atom is -0.497 e. The van der Waals surface area contributed by atoms with E-state index >= 15 is 0 Å². The highest BCUT2D eigenvalue weighted by molar-refractivity contribution is 14.1. The number of alkyl halides is 2. The zero-order chi connectivity index (χ0) is 21.2. The number of rotatable bonds is 5. The number of hydrogen-bond donors (Lipinski definition) is 0. The van der Waals surface area contributed by atoms with E-state index in [4.69, 9.17) is 4.74 Å².